The zero-order chi connectivity index (χ0) is 22.9. The van der Waals surface area contributed by atoms with Crippen LogP contribution in [0.4, 0.5) is 0 Å². The van der Waals surface area contributed by atoms with E-state index in [0.29, 0.717) is 10.9 Å². The highest BCUT2D eigenvalue weighted by Gasteiger charge is 2.32. The standard InChI is InChI=1S/C24H20N2O5S/c1-15-9-11-17(12-10-15)32(30,31)21(13-22(27)28)26-24(29)19-7-4-8-20-23(19)18-6-3-2-5-16(18)14-25-20/h2-12,14,21H,13H2,1H3,(H,26,29)(H,27,28). The molecule has 162 valence electrons. The number of amides is 1. The fourth-order valence-corrected chi connectivity index (χ4v) is 5.08. The van der Waals surface area contributed by atoms with Crippen LogP contribution in [0.25, 0.3) is 21.7 Å². The van der Waals surface area contributed by atoms with Crippen LogP contribution in [0.1, 0.15) is 22.3 Å². The Labute approximate surface area is 184 Å². The van der Waals surface area contributed by atoms with E-state index in [1.54, 1.807) is 36.5 Å². The van der Waals surface area contributed by atoms with E-state index in [0.717, 1.165) is 16.3 Å². The number of rotatable bonds is 6. The van der Waals surface area contributed by atoms with Crippen molar-refractivity contribution in [1.29, 1.82) is 0 Å². The van der Waals surface area contributed by atoms with Crippen molar-refractivity contribution < 1.29 is 23.1 Å². The Morgan fingerprint density at radius 3 is 2.44 bits per heavy atom. The quantitative estimate of drug-likeness (QED) is 0.435. The van der Waals surface area contributed by atoms with Crippen LogP contribution in [0, 0.1) is 6.92 Å². The van der Waals surface area contributed by atoms with E-state index < -0.39 is 33.5 Å². The minimum Gasteiger partial charge on any atom is -0.481 e. The first-order chi connectivity index (χ1) is 15.3. The maximum absolute atomic E-state index is 13.2. The van der Waals surface area contributed by atoms with E-state index in [2.05, 4.69) is 10.3 Å². The highest BCUT2D eigenvalue weighted by molar-refractivity contribution is 7.92. The number of pyridine rings is 1. The number of nitrogens with one attached hydrogen (secondary N) is 1. The molecule has 4 aromatic rings. The van der Waals surface area contributed by atoms with Crippen LogP contribution >= 0.6 is 0 Å². The minimum absolute atomic E-state index is 0.0558. The van der Waals surface area contributed by atoms with Gasteiger partial charge in [0, 0.05) is 22.5 Å². The molecule has 0 aliphatic carbocycles. The first kappa shape index (κ1) is 21.5. The molecule has 1 amide bonds. The summed E-state index contributed by atoms with van der Waals surface area (Å²) in [5.41, 5.74) is 1.66. The van der Waals surface area contributed by atoms with Gasteiger partial charge in [-0.05, 0) is 36.6 Å². The predicted octanol–water partition coefficient (Wildman–Crippen LogP) is 3.70. The molecule has 8 heteroatoms. The summed E-state index contributed by atoms with van der Waals surface area (Å²) in [6, 6.07) is 18.4. The second-order valence-electron chi connectivity index (χ2n) is 7.46. The van der Waals surface area contributed by atoms with Gasteiger partial charge < -0.3 is 10.4 Å². The number of nitrogens with zero attached hydrogens (tertiary/aromatic N) is 1. The van der Waals surface area contributed by atoms with Gasteiger partial charge in [0.25, 0.3) is 5.91 Å². The zero-order valence-corrected chi connectivity index (χ0v) is 18.0. The Hall–Kier alpha value is -3.78. The Bertz CT molecular complexity index is 1450. The summed E-state index contributed by atoms with van der Waals surface area (Å²) in [7, 11) is -4.14. The fourth-order valence-electron chi connectivity index (χ4n) is 3.61. The second kappa shape index (κ2) is 8.39. The largest absolute Gasteiger partial charge is 0.481 e. The van der Waals surface area contributed by atoms with Crippen LogP contribution in [0.15, 0.2) is 77.8 Å². The number of carbonyl (C=O) groups excluding carboxylic acids is 1. The Balaban J connectivity index is 1.78. The SMILES string of the molecule is Cc1ccc(S(=O)(=O)C(CC(=O)O)NC(=O)c2cccc3ncc4ccccc4c23)cc1. The minimum atomic E-state index is -4.14. The molecular formula is C24H20N2O5S. The van der Waals surface area contributed by atoms with Crippen LogP contribution in [0.2, 0.25) is 0 Å². The Kier molecular flexibility index (Phi) is 5.63. The molecule has 0 aliphatic heterocycles. The third-order valence-electron chi connectivity index (χ3n) is 5.24. The van der Waals surface area contributed by atoms with Crippen LogP contribution in [0.3, 0.4) is 0 Å². The number of carboxylic acid groups (broad SMARTS) is 1. The number of aromatic nitrogens is 1. The molecule has 1 heterocycles. The molecule has 2 N–H and O–H groups in total. The summed E-state index contributed by atoms with van der Waals surface area (Å²) in [6.45, 7) is 1.81. The van der Waals surface area contributed by atoms with Crippen LogP contribution < -0.4 is 5.32 Å². The molecule has 0 bridgehead atoms. The number of sulfone groups is 1. The average Bonchev–Trinajstić information content (AvgIpc) is 2.78. The lowest BCUT2D eigenvalue weighted by Gasteiger charge is -2.19. The molecule has 0 radical (unpaired) electrons. The van der Waals surface area contributed by atoms with Crippen molar-refractivity contribution in [2.24, 2.45) is 0 Å². The van der Waals surface area contributed by atoms with Crippen LogP contribution in [-0.2, 0) is 14.6 Å². The molecule has 0 fully saturated rings. The monoisotopic (exact) mass is 448 g/mol. The molecule has 0 spiro atoms. The maximum atomic E-state index is 13.2. The maximum Gasteiger partial charge on any atom is 0.306 e. The summed E-state index contributed by atoms with van der Waals surface area (Å²) in [4.78, 5) is 29.0. The van der Waals surface area contributed by atoms with Crippen molar-refractivity contribution in [1.82, 2.24) is 10.3 Å². The number of aryl methyl sites for hydroxylation is 1. The highest BCUT2D eigenvalue weighted by Crippen LogP contribution is 2.27. The summed E-state index contributed by atoms with van der Waals surface area (Å²) < 4.78 is 26.3. The van der Waals surface area contributed by atoms with Crippen molar-refractivity contribution >= 4 is 43.4 Å². The highest BCUT2D eigenvalue weighted by atomic mass is 32.2. The Morgan fingerprint density at radius 2 is 1.72 bits per heavy atom. The fraction of sp³-hybridized carbons (Fsp3) is 0.125. The van der Waals surface area contributed by atoms with Crippen molar-refractivity contribution in [2.75, 3.05) is 0 Å². The number of carboxylic acids is 1. The number of aliphatic carboxylic acids is 1. The van der Waals surface area contributed by atoms with Crippen molar-refractivity contribution in [3.8, 4) is 0 Å². The van der Waals surface area contributed by atoms with Crippen LogP contribution in [-0.4, -0.2) is 35.8 Å². The zero-order valence-electron chi connectivity index (χ0n) is 17.1. The number of carbonyl (C=O) groups is 2. The molecule has 1 unspecified atom stereocenters. The molecule has 1 aromatic heterocycles. The van der Waals surface area contributed by atoms with E-state index in [1.165, 1.54) is 12.1 Å². The molecule has 4 rings (SSSR count). The summed E-state index contributed by atoms with van der Waals surface area (Å²) in [5.74, 6) is -2.02. The number of hydrogen-bond acceptors (Lipinski definition) is 5. The number of fused-ring (bicyclic) bond motifs is 3. The van der Waals surface area contributed by atoms with Crippen molar-refractivity contribution in [3.05, 3.63) is 84.1 Å². The van der Waals surface area contributed by atoms with E-state index >= 15 is 0 Å². The van der Waals surface area contributed by atoms with Gasteiger partial charge in [0.05, 0.1) is 16.8 Å². The van der Waals surface area contributed by atoms with Gasteiger partial charge in [0.2, 0.25) is 0 Å². The van der Waals surface area contributed by atoms with Crippen LogP contribution in [0.5, 0.6) is 0 Å². The Morgan fingerprint density at radius 1 is 1.00 bits per heavy atom. The molecule has 0 saturated carbocycles. The average molecular weight is 449 g/mol. The van der Waals surface area contributed by atoms with Gasteiger partial charge in [0.1, 0.15) is 5.37 Å². The van der Waals surface area contributed by atoms with Gasteiger partial charge in [-0.15, -0.1) is 0 Å². The number of benzene rings is 3. The molecule has 1 atom stereocenters. The van der Waals surface area contributed by atoms with E-state index in [4.69, 9.17) is 0 Å². The molecular weight excluding hydrogens is 428 g/mol. The molecule has 0 aliphatic rings. The van der Waals surface area contributed by atoms with Gasteiger partial charge in [-0.1, -0.05) is 48.0 Å². The third-order valence-corrected chi connectivity index (χ3v) is 7.20. The van der Waals surface area contributed by atoms with Crippen molar-refractivity contribution in [3.63, 3.8) is 0 Å². The van der Waals surface area contributed by atoms with Gasteiger partial charge in [-0.25, -0.2) is 8.42 Å². The van der Waals surface area contributed by atoms with Gasteiger partial charge >= 0.3 is 5.97 Å². The number of hydrogen-bond donors (Lipinski definition) is 2. The van der Waals surface area contributed by atoms with Gasteiger partial charge in [-0.2, -0.15) is 0 Å². The molecule has 3 aromatic carbocycles. The van der Waals surface area contributed by atoms with E-state index in [9.17, 15) is 23.1 Å². The lowest BCUT2D eigenvalue weighted by atomic mass is 10.0. The lowest BCUT2D eigenvalue weighted by Crippen LogP contribution is -2.42. The third kappa shape index (κ3) is 4.04. The van der Waals surface area contributed by atoms with E-state index in [1.807, 2.05) is 31.2 Å². The first-order valence-corrected chi connectivity index (χ1v) is 11.4. The predicted molar refractivity (Wildman–Crippen MR) is 121 cm³/mol. The molecule has 32 heavy (non-hydrogen) atoms. The topological polar surface area (TPSA) is 113 Å². The van der Waals surface area contributed by atoms with Crippen molar-refractivity contribution in [2.45, 2.75) is 23.6 Å². The van der Waals surface area contributed by atoms with Gasteiger partial charge in [0.15, 0.2) is 9.84 Å². The first-order valence-electron chi connectivity index (χ1n) is 9.87. The molecule has 0 saturated heterocycles. The second-order valence-corrected chi connectivity index (χ2v) is 9.59. The molecule has 7 nitrogen and oxygen atoms in total. The smallest absolute Gasteiger partial charge is 0.306 e. The van der Waals surface area contributed by atoms with Gasteiger partial charge in [-0.3, -0.25) is 14.6 Å². The normalized spacial score (nSPS) is 12.5. The lowest BCUT2D eigenvalue weighted by molar-refractivity contribution is -0.137. The summed E-state index contributed by atoms with van der Waals surface area (Å²) in [6.07, 6.45) is 0.931. The summed E-state index contributed by atoms with van der Waals surface area (Å²) >= 11 is 0. The summed E-state index contributed by atoms with van der Waals surface area (Å²) in [5, 5.41) is 12.3. The van der Waals surface area contributed by atoms with E-state index in [-0.39, 0.29) is 10.5 Å².